The standard InChI is InChI=1S/C16H22F2N2O2/c1-11(13-3-2-4-14(10-13)22-16(17)18)20-15(21)9-12-5-7-19-8-6-12/h2-4,10-12,16,19H,5-9H2,1H3,(H,20,21). The van der Waals surface area contributed by atoms with Crippen molar-refractivity contribution < 1.29 is 18.3 Å². The van der Waals surface area contributed by atoms with E-state index in [1.807, 2.05) is 6.92 Å². The average molecular weight is 312 g/mol. The summed E-state index contributed by atoms with van der Waals surface area (Å²) in [7, 11) is 0. The molecule has 2 N–H and O–H groups in total. The van der Waals surface area contributed by atoms with Crippen molar-refractivity contribution in [2.24, 2.45) is 5.92 Å². The predicted molar refractivity (Wildman–Crippen MR) is 79.8 cm³/mol. The largest absolute Gasteiger partial charge is 0.435 e. The van der Waals surface area contributed by atoms with Crippen LogP contribution in [0.25, 0.3) is 0 Å². The van der Waals surface area contributed by atoms with E-state index in [9.17, 15) is 13.6 Å². The summed E-state index contributed by atoms with van der Waals surface area (Å²) in [5.41, 5.74) is 0.747. The molecule has 1 aliphatic rings. The lowest BCUT2D eigenvalue weighted by Gasteiger charge is -2.23. The molecule has 0 radical (unpaired) electrons. The first-order chi connectivity index (χ1) is 10.5. The lowest BCUT2D eigenvalue weighted by Crippen LogP contribution is -2.33. The molecule has 1 amide bonds. The third-order valence-corrected chi connectivity index (χ3v) is 3.89. The van der Waals surface area contributed by atoms with E-state index in [1.165, 1.54) is 12.1 Å². The van der Waals surface area contributed by atoms with Crippen LogP contribution in [0.4, 0.5) is 8.78 Å². The van der Waals surface area contributed by atoms with Gasteiger partial charge in [-0.3, -0.25) is 4.79 Å². The number of carbonyl (C=O) groups is 1. The number of benzene rings is 1. The van der Waals surface area contributed by atoms with Crippen molar-refractivity contribution in [2.75, 3.05) is 13.1 Å². The Hall–Kier alpha value is -1.69. The predicted octanol–water partition coefficient (Wildman–Crippen LogP) is 2.85. The minimum atomic E-state index is -2.85. The highest BCUT2D eigenvalue weighted by Gasteiger charge is 2.18. The average Bonchev–Trinajstić information content (AvgIpc) is 2.47. The number of ether oxygens (including phenoxy) is 1. The first-order valence-electron chi connectivity index (χ1n) is 7.59. The highest BCUT2D eigenvalue weighted by Crippen LogP contribution is 2.21. The molecule has 6 heteroatoms. The molecule has 0 saturated carbocycles. The monoisotopic (exact) mass is 312 g/mol. The Kier molecular flexibility index (Phi) is 6.12. The number of carbonyl (C=O) groups excluding carboxylic acids is 1. The fourth-order valence-electron chi connectivity index (χ4n) is 2.69. The molecule has 1 aromatic rings. The van der Waals surface area contributed by atoms with E-state index in [4.69, 9.17) is 0 Å². The van der Waals surface area contributed by atoms with Crippen LogP contribution in [0.1, 0.15) is 37.8 Å². The van der Waals surface area contributed by atoms with Gasteiger partial charge in [0.15, 0.2) is 0 Å². The Morgan fingerprint density at radius 1 is 1.41 bits per heavy atom. The maximum absolute atomic E-state index is 12.2. The smallest absolute Gasteiger partial charge is 0.387 e. The van der Waals surface area contributed by atoms with Gasteiger partial charge in [0.05, 0.1) is 6.04 Å². The van der Waals surface area contributed by atoms with Gasteiger partial charge in [-0.05, 0) is 56.5 Å². The molecule has 1 heterocycles. The van der Waals surface area contributed by atoms with Crippen LogP contribution < -0.4 is 15.4 Å². The lowest BCUT2D eigenvalue weighted by molar-refractivity contribution is -0.122. The molecular weight excluding hydrogens is 290 g/mol. The molecule has 1 aliphatic heterocycles. The van der Waals surface area contributed by atoms with Gasteiger partial charge >= 0.3 is 6.61 Å². The highest BCUT2D eigenvalue weighted by molar-refractivity contribution is 5.76. The molecule has 122 valence electrons. The first-order valence-corrected chi connectivity index (χ1v) is 7.59. The molecule has 0 bridgehead atoms. The Labute approximate surface area is 129 Å². The van der Waals surface area contributed by atoms with E-state index >= 15 is 0 Å². The van der Waals surface area contributed by atoms with Crippen LogP contribution in [0.15, 0.2) is 24.3 Å². The molecule has 0 aromatic heterocycles. The zero-order chi connectivity index (χ0) is 15.9. The first kappa shape index (κ1) is 16.7. The minimum Gasteiger partial charge on any atom is -0.435 e. The second-order valence-corrected chi connectivity index (χ2v) is 5.64. The van der Waals surface area contributed by atoms with Gasteiger partial charge in [0, 0.05) is 6.42 Å². The Morgan fingerprint density at radius 2 is 2.14 bits per heavy atom. The topological polar surface area (TPSA) is 50.4 Å². The summed E-state index contributed by atoms with van der Waals surface area (Å²) in [6.45, 7) is 0.906. The number of amides is 1. The van der Waals surface area contributed by atoms with E-state index in [0.29, 0.717) is 12.3 Å². The van der Waals surface area contributed by atoms with Gasteiger partial charge in [-0.15, -0.1) is 0 Å². The van der Waals surface area contributed by atoms with Gasteiger partial charge in [-0.2, -0.15) is 8.78 Å². The van der Waals surface area contributed by atoms with Gasteiger partial charge in [0.2, 0.25) is 5.91 Å². The van der Waals surface area contributed by atoms with Crippen LogP contribution >= 0.6 is 0 Å². The zero-order valence-corrected chi connectivity index (χ0v) is 12.6. The van der Waals surface area contributed by atoms with Crippen molar-refractivity contribution in [2.45, 2.75) is 38.8 Å². The number of halogens is 2. The third-order valence-electron chi connectivity index (χ3n) is 3.89. The molecule has 22 heavy (non-hydrogen) atoms. The van der Waals surface area contributed by atoms with Gasteiger partial charge < -0.3 is 15.4 Å². The van der Waals surface area contributed by atoms with Crippen molar-refractivity contribution in [3.05, 3.63) is 29.8 Å². The van der Waals surface area contributed by atoms with Gasteiger partial charge in [0.1, 0.15) is 5.75 Å². The van der Waals surface area contributed by atoms with Crippen molar-refractivity contribution >= 4 is 5.91 Å². The molecule has 4 nitrogen and oxygen atoms in total. The summed E-state index contributed by atoms with van der Waals surface area (Å²) in [4.78, 5) is 12.1. The molecule has 1 fully saturated rings. The Balaban J connectivity index is 1.87. The van der Waals surface area contributed by atoms with Crippen LogP contribution in [0.2, 0.25) is 0 Å². The molecule has 1 atom stereocenters. The van der Waals surface area contributed by atoms with Crippen LogP contribution in [0, 0.1) is 5.92 Å². The van der Waals surface area contributed by atoms with Crippen LogP contribution in [0.3, 0.4) is 0 Å². The van der Waals surface area contributed by atoms with Crippen molar-refractivity contribution in [3.8, 4) is 5.75 Å². The Bertz CT molecular complexity index is 491. The van der Waals surface area contributed by atoms with Crippen LogP contribution in [-0.4, -0.2) is 25.6 Å². The van der Waals surface area contributed by atoms with Gasteiger partial charge in [0.25, 0.3) is 0 Å². The van der Waals surface area contributed by atoms with Crippen molar-refractivity contribution in [1.29, 1.82) is 0 Å². The van der Waals surface area contributed by atoms with Gasteiger partial charge in [-0.25, -0.2) is 0 Å². The SMILES string of the molecule is CC(NC(=O)CC1CCNCC1)c1cccc(OC(F)F)c1. The molecular formula is C16H22F2N2O2. The number of alkyl halides is 2. The number of rotatable bonds is 6. The fourth-order valence-corrected chi connectivity index (χ4v) is 2.69. The van der Waals surface area contributed by atoms with Gasteiger partial charge in [-0.1, -0.05) is 12.1 Å². The van der Waals surface area contributed by atoms with E-state index in [-0.39, 0.29) is 17.7 Å². The highest BCUT2D eigenvalue weighted by atomic mass is 19.3. The minimum absolute atomic E-state index is 0.000388. The maximum atomic E-state index is 12.2. The summed E-state index contributed by atoms with van der Waals surface area (Å²) in [6.07, 6.45) is 2.54. The summed E-state index contributed by atoms with van der Waals surface area (Å²) >= 11 is 0. The number of hydrogen-bond acceptors (Lipinski definition) is 3. The van der Waals surface area contributed by atoms with E-state index < -0.39 is 6.61 Å². The summed E-state index contributed by atoms with van der Waals surface area (Å²) in [5, 5.41) is 6.19. The molecule has 1 unspecified atom stereocenters. The summed E-state index contributed by atoms with van der Waals surface area (Å²) in [6, 6.07) is 6.19. The van der Waals surface area contributed by atoms with E-state index in [1.54, 1.807) is 12.1 Å². The fraction of sp³-hybridized carbons (Fsp3) is 0.562. The van der Waals surface area contributed by atoms with Crippen molar-refractivity contribution in [1.82, 2.24) is 10.6 Å². The van der Waals surface area contributed by atoms with Crippen LogP contribution in [-0.2, 0) is 4.79 Å². The molecule has 1 saturated heterocycles. The maximum Gasteiger partial charge on any atom is 0.387 e. The second-order valence-electron chi connectivity index (χ2n) is 5.64. The zero-order valence-electron chi connectivity index (χ0n) is 12.6. The molecule has 1 aromatic carbocycles. The van der Waals surface area contributed by atoms with E-state index in [2.05, 4.69) is 15.4 Å². The number of nitrogens with one attached hydrogen (secondary N) is 2. The number of piperidine rings is 1. The van der Waals surface area contributed by atoms with Crippen molar-refractivity contribution in [3.63, 3.8) is 0 Å². The van der Waals surface area contributed by atoms with E-state index in [0.717, 1.165) is 31.5 Å². The summed E-state index contributed by atoms with van der Waals surface area (Å²) in [5.74, 6) is 0.522. The normalized spacial score (nSPS) is 17.3. The van der Waals surface area contributed by atoms with Crippen LogP contribution in [0.5, 0.6) is 5.75 Å². The molecule has 2 rings (SSSR count). The Morgan fingerprint density at radius 3 is 2.82 bits per heavy atom. The second kappa shape index (κ2) is 8.08. The molecule has 0 spiro atoms. The third kappa shape index (κ3) is 5.26. The quantitative estimate of drug-likeness (QED) is 0.849. The lowest BCUT2D eigenvalue weighted by atomic mass is 9.94. The summed E-state index contributed by atoms with van der Waals surface area (Å²) < 4.78 is 28.8. The number of hydrogen-bond donors (Lipinski definition) is 2. The molecule has 0 aliphatic carbocycles.